The van der Waals surface area contributed by atoms with Crippen molar-refractivity contribution in [2.75, 3.05) is 12.0 Å². The Labute approximate surface area is 235 Å². The van der Waals surface area contributed by atoms with Gasteiger partial charge in [-0.15, -0.1) is 0 Å². The number of nitrogens with zero attached hydrogens (tertiary/aromatic N) is 2. The van der Waals surface area contributed by atoms with E-state index in [9.17, 15) is 19.5 Å². The fraction of sp³-hybridized carbons (Fsp3) is 0.152. The molecule has 41 heavy (non-hydrogen) atoms. The number of nitrogens with one attached hydrogen (secondary N) is 1. The van der Waals surface area contributed by atoms with Crippen LogP contribution in [0, 0.1) is 11.8 Å². The molecular formula is C33H25N3O5. The second-order valence-corrected chi connectivity index (χ2v) is 10.4. The number of ether oxygens (including phenoxy) is 1. The third-order valence-corrected chi connectivity index (χ3v) is 8.59. The quantitative estimate of drug-likeness (QED) is 0.221. The lowest BCUT2D eigenvalue weighted by atomic mass is 9.47. The molecule has 0 spiro atoms. The van der Waals surface area contributed by atoms with Crippen LogP contribution >= 0.6 is 0 Å². The Morgan fingerprint density at radius 3 is 2.17 bits per heavy atom. The number of methoxy groups -OCH3 is 1. The second kappa shape index (κ2) is 9.16. The molecule has 2 N–H and O–H groups in total. The Balaban J connectivity index is 1.42. The van der Waals surface area contributed by atoms with Gasteiger partial charge in [-0.25, -0.2) is 10.3 Å². The minimum atomic E-state index is -1.14. The van der Waals surface area contributed by atoms with Gasteiger partial charge in [0.1, 0.15) is 11.5 Å². The average molecular weight is 544 g/mol. The predicted molar refractivity (Wildman–Crippen MR) is 152 cm³/mol. The van der Waals surface area contributed by atoms with E-state index in [1.54, 1.807) is 42.6 Å². The molecule has 202 valence electrons. The van der Waals surface area contributed by atoms with Crippen LogP contribution < -0.4 is 15.1 Å². The number of hydrogen-bond acceptors (Lipinski definition) is 6. The van der Waals surface area contributed by atoms with Crippen LogP contribution in [0.2, 0.25) is 0 Å². The topological polar surface area (TPSA) is 108 Å². The number of benzene rings is 4. The Bertz CT molecular complexity index is 1730. The molecule has 1 saturated heterocycles. The van der Waals surface area contributed by atoms with Crippen molar-refractivity contribution < 1.29 is 24.2 Å². The van der Waals surface area contributed by atoms with Gasteiger partial charge in [0.15, 0.2) is 0 Å². The van der Waals surface area contributed by atoms with Crippen LogP contribution in [-0.2, 0) is 15.0 Å². The summed E-state index contributed by atoms with van der Waals surface area (Å²) in [6.07, 6.45) is 1.59. The molecule has 2 unspecified atom stereocenters. The first-order valence-corrected chi connectivity index (χ1v) is 13.3. The van der Waals surface area contributed by atoms with Crippen LogP contribution in [0.5, 0.6) is 11.5 Å². The van der Waals surface area contributed by atoms with Gasteiger partial charge in [0.05, 0.1) is 35.6 Å². The highest BCUT2D eigenvalue weighted by molar-refractivity contribution is 6.25. The van der Waals surface area contributed by atoms with Gasteiger partial charge < -0.3 is 9.84 Å². The third-order valence-electron chi connectivity index (χ3n) is 8.59. The van der Waals surface area contributed by atoms with E-state index in [1.807, 2.05) is 48.5 Å². The lowest BCUT2D eigenvalue weighted by molar-refractivity contribution is -0.122. The molecule has 8 heteroatoms. The number of aromatic hydroxyl groups is 1. The third kappa shape index (κ3) is 3.34. The van der Waals surface area contributed by atoms with Gasteiger partial charge in [0, 0.05) is 12.1 Å². The molecule has 1 heterocycles. The molecule has 1 aliphatic heterocycles. The van der Waals surface area contributed by atoms with Crippen LogP contribution in [0.3, 0.4) is 0 Å². The fourth-order valence-electron chi connectivity index (χ4n) is 7.02. The van der Waals surface area contributed by atoms with E-state index in [1.165, 1.54) is 24.1 Å². The van der Waals surface area contributed by atoms with Crippen LogP contribution in [-0.4, -0.2) is 36.2 Å². The van der Waals surface area contributed by atoms with E-state index in [0.29, 0.717) is 11.4 Å². The van der Waals surface area contributed by atoms with Crippen molar-refractivity contribution in [2.24, 2.45) is 16.9 Å². The number of imide groups is 1. The number of phenolic OH excluding ortho intramolecular Hbond substituents is 1. The number of hydrogen-bond donors (Lipinski definition) is 2. The highest BCUT2D eigenvalue weighted by Crippen LogP contribution is 2.63. The second-order valence-electron chi connectivity index (χ2n) is 10.4. The lowest BCUT2D eigenvalue weighted by Gasteiger charge is -2.52. The van der Waals surface area contributed by atoms with Crippen LogP contribution in [0.15, 0.2) is 102 Å². The van der Waals surface area contributed by atoms with E-state index in [0.717, 1.165) is 22.3 Å². The zero-order chi connectivity index (χ0) is 28.3. The molecule has 4 aromatic carbocycles. The summed E-state index contributed by atoms with van der Waals surface area (Å²) >= 11 is 0. The molecule has 8 rings (SSSR count). The smallest absolute Gasteiger partial charge is 0.275 e. The SMILES string of the molecule is COc1ccccc1N1C(=O)C2C3c4ccccc4C(/C=N/NC(=O)c4ccccc4O)(c4ccccc43)C2C1=O. The zero-order valence-electron chi connectivity index (χ0n) is 22.0. The summed E-state index contributed by atoms with van der Waals surface area (Å²) in [5, 5.41) is 14.5. The first kappa shape index (κ1) is 24.8. The molecule has 2 bridgehead atoms. The number of amides is 3. The molecule has 3 aliphatic carbocycles. The lowest BCUT2D eigenvalue weighted by Crippen LogP contribution is -2.54. The summed E-state index contributed by atoms with van der Waals surface area (Å²) in [6, 6.07) is 28.8. The van der Waals surface area contributed by atoms with Gasteiger partial charge >= 0.3 is 0 Å². The van der Waals surface area contributed by atoms with Gasteiger partial charge in [-0.3, -0.25) is 14.4 Å². The van der Waals surface area contributed by atoms with Gasteiger partial charge in [-0.1, -0.05) is 72.8 Å². The summed E-state index contributed by atoms with van der Waals surface area (Å²) in [5.41, 5.74) is 5.51. The minimum absolute atomic E-state index is 0.0719. The highest BCUT2D eigenvalue weighted by atomic mass is 16.5. The predicted octanol–water partition coefficient (Wildman–Crippen LogP) is 4.37. The summed E-state index contributed by atoms with van der Waals surface area (Å²) in [7, 11) is 1.51. The molecule has 2 atom stereocenters. The molecule has 0 aromatic heterocycles. The Morgan fingerprint density at radius 1 is 0.878 bits per heavy atom. The molecule has 4 aliphatic rings. The first-order chi connectivity index (χ1) is 20.0. The minimum Gasteiger partial charge on any atom is -0.507 e. The monoisotopic (exact) mass is 543 g/mol. The molecule has 1 fully saturated rings. The molecule has 8 nitrogen and oxygen atoms in total. The summed E-state index contributed by atoms with van der Waals surface area (Å²) in [4.78, 5) is 42.9. The summed E-state index contributed by atoms with van der Waals surface area (Å²) in [6.45, 7) is 0. The number of rotatable bonds is 5. The van der Waals surface area contributed by atoms with Crippen molar-refractivity contribution in [3.05, 3.63) is 125 Å². The van der Waals surface area contributed by atoms with E-state index >= 15 is 0 Å². The van der Waals surface area contributed by atoms with Gasteiger partial charge in [0.25, 0.3) is 5.91 Å². The van der Waals surface area contributed by atoms with E-state index in [2.05, 4.69) is 10.5 Å². The standard InChI is InChI=1S/C33H25N3O5/c1-41-26-17-9-7-15-24(26)36-31(39)28-27-19-10-2-5-13-22(19)33(29(28)32(36)40,23-14-6-3-11-20(23)27)18-34-35-30(38)21-12-4-8-16-25(21)37/h2-18,27-29,37H,1H3,(H,35,38)/b34-18+. The summed E-state index contributed by atoms with van der Waals surface area (Å²) in [5.74, 6) is -2.80. The van der Waals surface area contributed by atoms with Gasteiger partial charge in [-0.05, 0) is 46.5 Å². The molecule has 4 aromatic rings. The Kier molecular flexibility index (Phi) is 5.54. The molecular weight excluding hydrogens is 518 g/mol. The van der Waals surface area contributed by atoms with Crippen LogP contribution in [0.25, 0.3) is 0 Å². The van der Waals surface area contributed by atoms with Gasteiger partial charge in [0.2, 0.25) is 11.8 Å². The number of anilines is 1. The number of carbonyl (C=O) groups excluding carboxylic acids is 3. The average Bonchev–Trinajstić information content (AvgIpc) is 3.27. The Hall–Kier alpha value is -5.24. The summed E-state index contributed by atoms with van der Waals surface area (Å²) < 4.78 is 5.53. The Morgan fingerprint density at radius 2 is 1.49 bits per heavy atom. The zero-order valence-corrected chi connectivity index (χ0v) is 22.0. The maximum Gasteiger partial charge on any atom is 0.275 e. The molecule has 0 saturated carbocycles. The van der Waals surface area contributed by atoms with Crippen molar-refractivity contribution in [3.63, 3.8) is 0 Å². The highest BCUT2D eigenvalue weighted by Gasteiger charge is 2.68. The van der Waals surface area contributed by atoms with Gasteiger partial charge in [-0.2, -0.15) is 5.10 Å². The largest absolute Gasteiger partial charge is 0.507 e. The maximum absolute atomic E-state index is 14.5. The van der Waals surface area contributed by atoms with Crippen molar-refractivity contribution in [3.8, 4) is 11.5 Å². The number of phenols is 1. The van der Waals surface area contributed by atoms with E-state index in [4.69, 9.17) is 4.74 Å². The van der Waals surface area contributed by atoms with Crippen molar-refractivity contribution in [1.29, 1.82) is 0 Å². The van der Waals surface area contributed by atoms with Crippen LogP contribution in [0.4, 0.5) is 5.69 Å². The van der Waals surface area contributed by atoms with Crippen molar-refractivity contribution >= 4 is 29.6 Å². The van der Waals surface area contributed by atoms with E-state index < -0.39 is 23.2 Å². The first-order valence-electron chi connectivity index (χ1n) is 13.3. The van der Waals surface area contributed by atoms with E-state index in [-0.39, 0.29) is 29.0 Å². The van der Waals surface area contributed by atoms with Crippen molar-refractivity contribution in [2.45, 2.75) is 11.3 Å². The number of hydrazone groups is 1. The van der Waals surface area contributed by atoms with Crippen molar-refractivity contribution in [1.82, 2.24) is 5.43 Å². The molecule has 0 radical (unpaired) electrons. The van der Waals surface area contributed by atoms with Crippen LogP contribution in [0.1, 0.15) is 38.5 Å². The maximum atomic E-state index is 14.5. The number of carbonyl (C=O) groups is 3. The molecule has 3 amide bonds. The normalized spacial score (nSPS) is 23.7. The number of para-hydroxylation sites is 3. The fourth-order valence-corrected chi connectivity index (χ4v) is 7.02.